The molecule has 0 aliphatic rings. The van der Waals surface area contributed by atoms with Crippen LogP contribution in [-0.2, 0) is 17.6 Å². The molecule has 0 aromatic carbocycles. The number of hydrogen-bond donors (Lipinski definition) is 1. The molecule has 0 radical (unpaired) electrons. The number of nitrogens with one attached hydrogen (secondary N) is 1. The molecule has 0 unspecified atom stereocenters. The molecule has 4 nitrogen and oxygen atoms in total. The smallest absolute Gasteiger partial charge is 0.261 e. The third kappa shape index (κ3) is 5.52. The first-order chi connectivity index (χ1) is 9.08. The summed E-state index contributed by atoms with van der Waals surface area (Å²) in [5.41, 5.74) is 0.992. The van der Waals surface area contributed by atoms with Gasteiger partial charge in [0.2, 0.25) is 0 Å². The standard InChI is InChI=1S/C12H18F2IN3O/c1-3-4-8-11(15)12(16-2)18-10(17-8)5-6-19-7-9(13)14/h9H,3-7H2,1-2H3,(H,16,17,18). The number of nitrogens with zero attached hydrogens (tertiary/aromatic N) is 2. The lowest BCUT2D eigenvalue weighted by atomic mass is 10.2. The molecule has 1 rings (SSSR count). The van der Waals surface area contributed by atoms with E-state index in [0.717, 1.165) is 27.9 Å². The van der Waals surface area contributed by atoms with Crippen LogP contribution in [0.3, 0.4) is 0 Å². The van der Waals surface area contributed by atoms with Crippen molar-refractivity contribution in [1.29, 1.82) is 0 Å². The average Bonchev–Trinajstić information content (AvgIpc) is 2.38. The van der Waals surface area contributed by atoms with E-state index in [1.165, 1.54) is 0 Å². The molecule has 7 heteroatoms. The highest BCUT2D eigenvalue weighted by Gasteiger charge is 2.11. The second-order valence-electron chi connectivity index (χ2n) is 3.97. The first-order valence-corrected chi connectivity index (χ1v) is 7.25. The maximum atomic E-state index is 11.9. The molecule has 0 aliphatic heterocycles. The van der Waals surface area contributed by atoms with Crippen molar-refractivity contribution in [2.45, 2.75) is 32.6 Å². The van der Waals surface area contributed by atoms with Gasteiger partial charge in [0, 0.05) is 13.5 Å². The van der Waals surface area contributed by atoms with Crippen LogP contribution in [0.25, 0.3) is 0 Å². The summed E-state index contributed by atoms with van der Waals surface area (Å²) in [7, 11) is 1.80. The number of anilines is 1. The van der Waals surface area contributed by atoms with Crippen LogP contribution in [0.5, 0.6) is 0 Å². The van der Waals surface area contributed by atoms with Crippen molar-refractivity contribution in [2.24, 2.45) is 0 Å². The van der Waals surface area contributed by atoms with Crippen molar-refractivity contribution >= 4 is 28.4 Å². The monoisotopic (exact) mass is 385 g/mol. The first kappa shape index (κ1) is 16.5. The van der Waals surface area contributed by atoms with Crippen molar-refractivity contribution in [2.75, 3.05) is 25.6 Å². The Morgan fingerprint density at radius 2 is 2.05 bits per heavy atom. The van der Waals surface area contributed by atoms with Crippen LogP contribution in [0, 0.1) is 3.57 Å². The van der Waals surface area contributed by atoms with Crippen molar-refractivity contribution in [3.63, 3.8) is 0 Å². The normalized spacial score (nSPS) is 11.1. The molecule has 0 saturated carbocycles. The number of aromatic nitrogens is 2. The second kappa shape index (κ2) is 8.57. The Morgan fingerprint density at radius 3 is 2.63 bits per heavy atom. The van der Waals surface area contributed by atoms with Crippen molar-refractivity contribution in [1.82, 2.24) is 9.97 Å². The quantitative estimate of drug-likeness (QED) is 0.552. The van der Waals surface area contributed by atoms with E-state index < -0.39 is 13.0 Å². The Kier molecular flexibility index (Phi) is 7.44. The van der Waals surface area contributed by atoms with E-state index >= 15 is 0 Å². The van der Waals surface area contributed by atoms with Gasteiger partial charge in [0.25, 0.3) is 6.43 Å². The molecule has 1 aromatic heterocycles. The highest BCUT2D eigenvalue weighted by Crippen LogP contribution is 2.20. The molecular formula is C12H18F2IN3O. The molecular weight excluding hydrogens is 367 g/mol. The summed E-state index contributed by atoms with van der Waals surface area (Å²) < 4.78 is 29.7. The van der Waals surface area contributed by atoms with Crippen molar-refractivity contribution in [3.8, 4) is 0 Å². The lowest BCUT2D eigenvalue weighted by Crippen LogP contribution is -2.12. The fourth-order valence-electron chi connectivity index (χ4n) is 1.56. The van der Waals surface area contributed by atoms with Gasteiger partial charge < -0.3 is 10.1 Å². The Hall–Kier alpha value is -0.570. The van der Waals surface area contributed by atoms with Crippen LogP contribution in [0.2, 0.25) is 0 Å². The Labute approximate surface area is 125 Å². The fourth-order valence-corrected chi connectivity index (χ4v) is 2.34. The molecule has 0 spiro atoms. The minimum Gasteiger partial charge on any atom is -0.375 e. The van der Waals surface area contributed by atoms with Crippen molar-refractivity contribution in [3.05, 3.63) is 15.1 Å². The number of halogens is 3. The minimum absolute atomic E-state index is 0.208. The summed E-state index contributed by atoms with van der Waals surface area (Å²) in [4.78, 5) is 8.81. The number of aryl methyl sites for hydroxylation is 1. The third-order valence-corrected chi connectivity index (χ3v) is 3.54. The van der Waals surface area contributed by atoms with Crippen molar-refractivity contribution < 1.29 is 13.5 Å². The maximum absolute atomic E-state index is 11.9. The molecule has 1 heterocycles. The predicted octanol–water partition coefficient (Wildman–Crippen LogP) is 2.90. The fraction of sp³-hybridized carbons (Fsp3) is 0.667. The summed E-state index contributed by atoms with van der Waals surface area (Å²) in [6.07, 6.45) is -0.117. The van der Waals surface area contributed by atoms with Gasteiger partial charge in [-0.05, 0) is 29.0 Å². The molecule has 19 heavy (non-hydrogen) atoms. The molecule has 0 atom stereocenters. The number of alkyl halides is 2. The zero-order valence-corrected chi connectivity index (χ0v) is 13.2. The number of rotatable bonds is 8. The average molecular weight is 385 g/mol. The van der Waals surface area contributed by atoms with Gasteiger partial charge in [-0.1, -0.05) is 13.3 Å². The molecule has 108 valence electrons. The molecule has 0 amide bonds. The van der Waals surface area contributed by atoms with E-state index in [4.69, 9.17) is 4.74 Å². The van der Waals surface area contributed by atoms with Gasteiger partial charge in [0.05, 0.1) is 15.9 Å². The van der Waals surface area contributed by atoms with Gasteiger partial charge in [-0.15, -0.1) is 0 Å². The predicted molar refractivity (Wildman–Crippen MR) is 78.8 cm³/mol. The van der Waals surface area contributed by atoms with E-state index in [1.54, 1.807) is 7.05 Å². The van der Waals surface area contributed by atoms with E-state index in [2.05, 4.69) is 44.8 Å². The van der Waals surface area contributed by atoms with Gasteiger partial charge in [0.15, 0.2) is 0 Å². The molecule has 1 N–H and O–H groups in total. The Bertz CT molecular complexity index is 405. The van der Waals surface area contributed by atoms with Crippen LogP contribution in [-0.4, -0.2) is 36.7 Å². The molecule has 1 aromatic rings. The Morgan fingerprint density at radius 1 is 1.32 bits per heavy atom. The molecule has 0 bridgehead atoms. The third-order valence-electron chi connectivity index (χ3n) is 2.40. The minimum atomic E-state index is -2.43. The van der Waals surface area contributed by atoms with Crippen LogP contribution < -0.4 is 5.32 Å². The van der Waals surface area contributed by atoms with E-state index in [1.807, 2.05) is 0 Å². The van der Waals surface area contributed by atoms with E-state index in [0.29, 0.717) is 12.2 Å². The number of ether oxygens (including phenoxy) is 1. The summed E-state index contributed by atoms with van der Waals surface area (Å²) in [6, 6.07) is 0. The summed E-state index contributed by atoms with van der Waals surface area (Å²) in [5, 5.41) is 3.02. The first-order valence-electron chi connectivity index (χ1n) is 6.17. The summed E-state index contributed by atoms with van der Waals surface area (Å²) >= 11 is 2.22. The van der Waals surface area contributed by atoms with E-state index in [9.17, 15) is 8.78 Å². The lowest BCUT2D eigenvalue weighted by molar-refractivity contribution is 0.0183. The lowest BCUT2D eigenvalue weighted by Gasteiger charge is -2.11. The maximum Gasteiger partial charge on any atom is 0.261 e. The van der Waals surface area contributed by atoms with Gasteiger partial charge in [-0.3, -0.25) is 0 Å². The van der Waals surface area contributed by atoms with Crippen LogP contribution in [0.15, 0.2) is 0 Å². The Balaban J connectivity index is 2.69. The van der Waals surface area contributed by atoms with Gasteiger partial charge >= 0.3 is 0 Å². The van der Waals surface area contributed by atoms with Gasteiger partial charge in [-0.2, -0.15) is 0 Å². The molecule has 0 saturated heterocycles. The molecule has 0 fully saturated rings. The topological polar surface area (TPSA) is 47.0 Å². The zero-order valence-electron chi connectivity index (χ0n) is 11.0. The van der Waals surface area contributed by atoms with E-state index in [-0.39, 0.29) is 6.61 Å². The summed E-state index contributed by atoms with van der Waals surface area (Å²) in [6.45, 7) is 1.76. The second-order valence-corrected chi connectivity index (χ2v) is 5.04. The SMILES string of the molecule is CCCc1nc(CCOCC(F)F)nc(NC)c1I. The molecule has 0 aliphatic carbocycles. The highest BCUT2D eigenvalue weighted by molar-refractivity contribution is 14.1. The number of hydrogen-bond acceptors (Lipinski definition) is 4. The summed E-state index contributed by atoms with van der Waals surface area (Å²) in [5.74, 6) is 1.41. The zero-order chi connectivity index (χ0) is 14.3. The van der Waals surface area contributed by atoms with Gasteiger partial charge in [-0.25, -0.2) is 18.7 Å². The van der Waals surface area contributed by atoms with Crippen LogP contribution in [0.1, 0.15) is 24.9 Å². The highest BCUT2D eigenvalue weighted by atomic mass is 127. The van der Waals surface area contributed by atoms with Crippen LogP contribution >= 0.6 is 22.6 Å². The largest absolute Gasteiger partial charge is 0.375 e. The van der Waals surface area contributed by atoms with Crippen LogP contribution in [0.4, 0.5) is 14.6 Å². The van der Waals surface area contributed by atoms with Gasteiger partial charge in [0.1, 0.15) is 18.2 Å².